The molecule has 0 aromatic carbocycles. The second kappa shape index (κ2) is 8.66. The fourth-order valence-corrected chi connectivity index (χ4v) is 5.69. The molecule has 0 radical (unpaired) electrons. The minimum absolute atomic E-state index is 0.127. The number of aromatic nitrogens is 3. The highest BCUT2D eigenvalue weighted by molar-refractivity contribution is 8.01. The summed E-state index contributed by atoms with van der Waals surface area (Å²) in [6.07, 6.45) is 3.18. The Hall–Kier alpha value is -2.21. The number of carboxylic acid groups (broad SMARTS) is 1. The molecule has 1 unspecified atom stereocenters. The Morgan fingerprint density at radius 2 is 2.41 bits per heavy atom. The zero-order valence-electron chi connectivity index (χ0n) is 15.2. The average Bonchev–Trinajstić information content (AvgIpc) is 3.23. The molecule has 3 atom stereocenters. The van der Waals surface area contributed by atoms with Crippen LogP contribution in [-0.2, 0) is 19.1 Å². The molecule has 0 spiro atoms. The number of β-lactam (4-membered cyclic amide) rings is 1. The Morgan fingerprint density at radius 3 is 2.97 bits per heavy atom. The first kappa shape index (κ1) is 21.5. The molecule has 0 aliphatic carbocycles. The topological polar surface area (TPSA) is 161 Å². The van der Waals surface area contributed by atoms with Gasteiger partial charge >= 0.3 is 5.97 Å². The zero-order valence-corrected chi connectivity index (χ0v) is 17.7. The predicted octanol–water partition coefficient (Wildman–Crippen LogP) is -0.135. The number of thioether (sulfide) groups is 3. The van der Waals surface area contributed by atoms with E-state index >= 15 is 0 Å². The van der Waals surface area contributed by atoms with Crippen molar-refractivity contribution in [2.45, 2.75) is 21.4 Å². The highest BCUT2D eigenvalue weighted by atomic mass is 32.2. The highest BCUT2D eigenvalue weighted by Crippen LogP contribution is 2.47. The van der Waals surface area contributed by atoms with E-state index in [-0.39, 0.29) is 5.70 Å². The van der Waals surface area contributed by atoms with Crippen molar-refractivity contribution in [2.75, 3.05) is 24.9 Å². The van der Waals surface area contributed by atoms with Gasteiger partial charge in [-0.3, -0.25) is 19.6 Å². The first-order chi connectivity index (χ1) is 13.9. The normalized spacial score (nSPS) is 24.4. The van der Waals surface area contributed by atoms with E-state index in [1.165, 1.54) is 30.6 Å². The van der Waals surface area contributed by atoms with Crippen LogP contribution >= 0.6 is 35.3 Å². The number of aliphatic carboxylic acids is 1. The van der Waals surface area contributed by atoms with Gasteiger partial charge in [0.25, 0.3) is 11.6 Å². The van der Waals surface area contributed by atoms with E-state index in [1.54, 1.807) is 12.5 Å². The SMILES string of the molecule is CO[C@@]1(NC(=O)C(C#N)SC)C(=O)N2C(C(=O)O)=C(CSc3c[nH]nn3)CS[C@H]21. The number of methoxy groups -OCH3 is 1. The van der Waals surface area contributed by atoms with Gasteiger partial charge in [0.05, 0.1) is 12.3 Å². The summed E-state index contributed by atoms with van der Waals surface area (Å²) in [4.78, 5) is 38.3. The summed E-state index contributed by atoms with van der Waals surface area (Å²) in [6, 6.07) is 1.84. The van der Waals surface area contributed by atoms with E-state index < -0.39 is 34.1 Å². The number of rotatable bonds is 8. The van der Waals surface area contributed by atoms with Gasteiger partial charge in [-0.25, -0.2) is 4.79 Å². The average molecular weight is 457 g/mol. The van der Waals surface area contributed by atoms with Crippen molar-refractivity contribution < 1.29 is 24.2 Å². The minimum atomic E-state index is -1.71. The van der Waals surface area contributed by atoms with E-state index in [2.05, 4.69) is 20.7 Å². The molecule has 2 amide bonds. The number of nitrogens with one attached hydrogen (secondary N) is 2. The number of H-pyrrole nitrogens is 1. The van der Waals surface area contributed by atoms with Gasteiger partial charge in [0, 0.05) is 18.6 Å². The number of hydrogen-bond donors (Lipinski definition) is 3. The number of ether oxygens (including phenoxy) is 1. The Balaban J connectivity index is 1.84. The molecular weight excluding hydrogens is 440 g/mol. The Kier molecular flexibility index (Phi) is 6.42. The first-order valence-corrected chi connectivity index (χ1v) is 11.4. The number of aromatic amines is 1. The number of amides is 2. The van der Waals surface area contributed by atoms with Crippen LogP contribution in [-0.4, -0.2) is 84.4 Å². The summed E-state index contributed by atoms with van der Waals surface area (Å²) in [6.45, 7) is 0. The molecule has 11 nitrogen and oxygen atoms in total. The fourth-order valence-electron chi connectivity index (χ4n) is 2.94. The van der Waals surface area contributed by atoms with Crippen LogP contribution in [0.3, 0.4) is 0 Å². The molecular formula is C15H16N6O5S3. The number of nitrogens with zero attached hydrogens (tertiary/aromatic N) is 4. The number of fused-ring (bicyclic) bond motifs is 1. The van der Waals surface area contributed by atoms with E-state index in [0.717, 1.165) is 16.7 Å². The second-order valence-electron chi connectivity index (χ2n) is 5.87. The van der Waals surface area contributed by atoms with Crippen LogP contribution in [0.15, 0.2) is 22.5 Å². The van der Waals surface area contributed by atoms with E-state index in [0.29, 0.717) is 22.1 Å². The number of hydrogen-bond acceptors (Lipinski definition) is 10. The molecule has 1 aromatic rings. The monoisotopic (exact) mass is 456 g/mol. The van der Waals surface area contributed by atoms with E-state index in [4.69, 9.17) is 10.00 Å². The van der Waals surface area contributed by atoms with Crippen LogP contribution in [0.25, 0.3) is 0 Å². The lowest BCUT2D eigenvalue weighted by atomic mass is 9.98. The molecule has 2 aliphatic heterocycles. The number of nitriles is 1. The van der Waals surface area contributed by atoms with Crippen molar-refractivity contribution in [3.05, 3.63) is 17.5 Å². The standard InChI is InChI=1S/C15H16N6O5S3/c1-26-15(18-11(22)8(3-16)27-2)13(25)21-10(12(23)24)7(6-29-14(15)21)5-28-9-4-17-20-19-9/h4,8,14H,5-6H2,1-2H3,(H,18,22)(H,23,24)(H,17,19,20)/t8?,14-,15-/m0/s1. The summed E-state index contributed by atoms with van der Waals surface area (Å²) in [5, 5.41) is 30.1. The summed E-state index contributed by atoms with van der Waals surface area (Å²) < 4.78 is 5.34. The first-order valence-electron chi connectivity index (χ1n) is 8.09. The van der Waals surface area contributed by atoms with Crippen LogP contribution in [0.2, 0.25) is 0 Å². The minimum Gasteiger partial charge on any atom is -0.477 e. The van der Waals surface area contributed by atoms with Crippen LogP contribution in [0.4, 0.5) is 0 Å². The van der Waals surface area contributed by atoms with Crippen molar-refractivity contribution in [1.29, 1.82) is 5.26 Å². The summed E-state index contributed by atoms with van der Waals surface area (Å²) >= 11 is 3.60. The maximum atomic E-state index is 12.9. The van der Waals surface area contributed by atoms with Gasteiger partial charge < -0.3 is 15.2 Å². The molecule has 1 saturated heterocycles. The zero-order chi connectivity index (χ0) is 21.2. The number of carboxylic acids is 1. The molecule has 0 bridgehead atoms. The molecule has 1 aromatic heterocycles. The summed E-state index contributed by atoms with van der Waals surface area (Å²) in [7, 11) is 1.26. The van der Waals surface area contributed by atoms with Crippen molar-refractivity contribution >= 4 is 53.1 Å². The summed E-state index contributed by atoms with van der Waals surface area (Å²) in [5.41, 5.74) is -1.29. The Morgan fingerprint density at radius 1 is 1.66 bits per heavy atom. The van der Waals surface area contributed by atoms with Gasteiger partial charge in [0.1, 0.15) is 16.1 Å². The lowest BCUT2D eigenvalue weighted by Gasteiger charge is -2.55. The second-order valence-corrected chi connectivity index (χ2v) is 8.88. The number of carbonyl (C=O) groups is 3. The number of carbonyl (C=O) groups excluding carboxylic acids is 2. The molecule has 3 rings (SSSR count). The van der Waals surface area contributed by atoms with Gasteiger partial charge in [-0.2, -0.15) is 5.26 Å². The molecule has 154 valence electrons. The summed E-state index contributed by atoms with van der Waals surface area (Å²) in [5.74, 6) is -1.96. The molecule has 29 heavy (non-hydrogen) atoms. The molecule has 3 heterocycles. The maximum absolute atomic E-state index is 12.9. The van der Waals surface area contributed by atoms with Crippen molar-refractivity contribution in [3.63, 3.8) is 0 Å². The molecule has 1 fully saturated rings. The van der Waals surface area contributed by atoms with E-state index in [9.17, 15) is 19.5 Å². The lowest BCUT2D eigenvalue weighted by molar-refractivity contribution is -0.192. The largest absolute Gasteiger partial charge is 0.477 e. The lowest BCUT2D eigenvalue weighted by Crippen LogP contribution is -2.81. The van der Waals surface area contributed by atoms with Gasteiger partial charge in [0.2, 0.25) is 5.91 Å². The van der Waals surface area contributed by atoms with Crippen LogP contribution < -0.4 is 5.32 Å². The van der Waals surface area contributed by atoms with Crippen LogP contribution in [0.5, 0.6) is 0 Å². The third kappa shape index (κ3) is 3.70. The third-order valence-corrected chi connectivity index (χ3v) is 7.48. The quantitative estimate of drug-likeness (QED) is 0.271. The van der Waals surface area contributed by atoms with Gasteiger partial charge in [-0.1, -0.05) is 17.0 Å². The van der Waals surface area contributed by atoms with Gasteiger partial charge in [0.15, 0.2) is 5.25 Å². The fraction of sp³-hybridized carbons (Fsp3) is 0.467. The van der Waals surface area contributed by atoms with Gasteiger partial charge in [-0.15, -0.1) is 28.6 Å². The van der Waals surface area contributed by atoms with Gasteiger partial charge in [-0.05, 0) is 11.8 Å². The Labute approximate surface area is 178 Å². The molecule has 14 heteroatoms. The van der Waals surface area contributed by atoms with Crippen molar-refractivity contribution in [1.82, 2.24) is 25.6 Å². The smallest absolute Gasteiger partial charge is 0.352 e. The maximum Gasteiger partial charge on any atom is 0.352 e. The predicted molar refractivity (Wildman–Crippen MR) is 106 cm³/mol. The third-order valence-electron chi connectivity index (χ3n) is 4.32. The molecule has 0 saturated carbocycles. The van der Waals surface area contributed by atoms with Crippen molar-refractivity contribution in [2.24, 2.45) is 0 Å². The van der Waals surface area contributed by atoms with Crippen LogP contribution in [0, 0.1) is 11.3 Å². The van der Waals surface area contributed by atoms with Crippen LogP contribution in [0.1, 0.15) is 0 Å². The molecule has 3 N–H and O–H groups in total. The highest BCUT2D eigenvalue weighted by Gasteiger charge is 2.66. The van der Waals surface area contributed by atoms with Crippen molar-refractivity contribution in [3.8, 4) is 6.07 Å². The van der Waals surface area contributed by atoms with E-state index in [1.807, 2.05) is 6.07 Å². The molecule has 2 aliphatic rings. The Bertz CT molecular complexity index is 901.